The molecule has 0 saturated carbocycles. The zero-order valence-corrected chi connectivity index (χ0v) is 6.70. The molecule has 0 aromatic rings. The van der Waals surface area contributed by atoms with Gasteiger partial charge in [-0.05, 0) is 5.92 Å². The lowest BCUT2D eigenvalue weighted by molar-refractivity contribution is -0.140. The van der Waals surface area contributed by atoms with E-state index in [2.05, 4.69) is 5.23 Å². The molecule has 0 rings (SSSR count). The highest BCUT2D eigenvalue weighted by Gasteiger charge is 2.19. The molecule has 62 valence electrons. The van der Waals surface area contributed by atoms with Gasteiger partial charge in [-0.15, -0.1) is 0 Å². The number of hydrogen-bond donors (Lipinski definition) is 2. The van der Waals surface area contributed by atoms with Gasteiger partial charge in [0, 0.05) is 0 Å². The minimum Gasteiger partial charge on any atom is -0.480 e. The largest absolute Gasteiger partial charge is 0.480 e. The van der Waals surface area contributed by atoms with Crippen molar-refractivity contribution >= 4 is 19.6 Å². The molecule has 0 saturated heterocycles. The molecule has 0 amide bonds. The van der Waals surface area contributed by atoms with Crippen LogP contribution in [0.2, 0.25) is 0 Å². The quantitative estimate of drug-likeness (QED) is 0.406. The molecule has 11 heavy (non-hydrogen) atoms. The normalized spacial score (nSPS) is 12.6. The van der Waals surface area contributed by atoms with Crippen LogP contribution in [0, 0.1) is 5.92 Å². The first-order chi connectivity index (χ1) is 5.09. The van der Waals surface area contributed by atoms with Crippen molar-refractivity contribution in [3.63, 3.8) is 0 Å². The Morgan fingerprint density at radius 2 is 2.18 bits per heavy atom. The molecule has 0 bridgehead atoms. The van der Waals surface area contributed by atoms with E-state index in [1.807, 2.05) is 0 Å². The predicted octanol–water partition coefficient (Wildman–Crippen LogP) is -0.773. The number of carboxylic acids is 1. The van der Waals surface area contributed by atoms with Crippen LogP contribution in [-0.4, -0.2) is 30.7 Å². The van der Waals surface area contributed by atoms with Crippen LogP contribution in [-0.2, 0) is 9.59 Å². The third-order valence-electron chi connectivity index (χ3n) is 1.35. The van der Waals surface area contributed by atoms with Crippen LogP contribution < -0.4 is 5.23 Å². The molecule has 2 N–H and O–H groups in total. The lowest BCUT2D eigenvalue weighted by atomic mass is 9.92. The van der Waals surface area contributed by atoms with E-state index in [-0.39, 0.29) is 13.3 Å². The standard InChI is InChI=1S/C6H12BNO3/c1-4(2)5(6(10)11)8-7-3-9/h3-5,7-8H,1-2H3,(H,10,11)/t5-/m0/s1. The van der Waals surface area contributed by atoms with E-state index in [0.717, 1.165) is 0 Å². The molecule has 0 aliphatic heterocycles. The van der Waals surface area contributed by atoms with E-state index in [0.29, 0.717) is 6.19 Å². The lowest BCUT2D eigenvalue weighted by Gasteiger charge is -2.15. The number of carbonyl (C=O) groups is 2. The molecular formula is C6H12BNO3. The Labute approximate surface area is 66.2 Å². The van der Waals surface area contributed by atoms with E-state index in [4.69, 9.17) is 5.11 Å². The molecule has 0 aliphatic rings. The molecular weight excluding hydrogens is 145 g/mol. The second-order valence-corrected chi connectivity index (χ2v) is 2.63. The second kappa shape index (κ2) is 4.90. The van der Waals surface area contributed by atoms with Crippen LogP contribution >= 0.6 is 0 Å². The van der Waals surface area contributed by atoms with E-state index in [1.165, 1.54) is 0 Å². The van der Waals surface area contributed by atoms with Crippen LogP contribution in [0.5, 0.6) is 0 Å². The van der Waals surface area contributed by atoms with Crippen LogP contribution in [0.25, 0.3) is 0 Å². The summed E-state index contributed by atoms with van der Waals surface area (Å²) in [5.74, 6) is -0.922. The topological polar surface area (TPSA) is 66.4 Å². The summed E-state index contributed by atoms with van der Waals surface area (Å²) < 4.78 is 0. The Bertz CT molecular complexity index is 149. The molecule has 0 unspecified atom stereocenters. The maximum Gasteiger partial charge on any atom is 0.319 e. The lowest BCUT2D eigenvalue weighted by Crippen LogP contribution is -2.43. The van der Waals surface area contributed by atoms with E-state index < -0.39 is 12.0 Å². The van der Waals surface area contributed by atoms with Gasteiger partial charge in [-0.3, -0.25) is 4.79 Å². The summed E-state index contributed by atoms with van der Waals surface area (Å²) in [4.78, 5) is 20.4. The van der Waals surface area contributed by atoms with E-state index >= 15 is 0 Å². The highest BCUT2D eigenvalue weighted by atomic mass is 16.4. The summed E-state index contributed by atoms with van der Waals surface area (Å²) in [6, 6.07) is -0.625. The molecule has 0 spiro atoms. The van der Waals surface area contributed by atoms with Gasteiger partial charge in [0.1, 0.15) is 0 Å². The molecule has 1 atom stereocenters. The highest BCUT2D eigenvalue weighted by molar-refractivity contribution is 6.64. The summed E-state index contributed by atoms with van der Waals surface area (Å²) in [6.45, 7) is 3.58. The summed E-state index contributed by atoms with van der Waals surface area (Å²) in [7, 11) is 0.0924. The first-order valence-corrected chi connectivity index (χ1v) is 3.49. The van der Waals surface area contributed by atoms with Crippen molar-refractivity contribution in [2.45, 2.75) is 19.9 Å². The Hall–Kier alpha value is -0.835. The number of nitrogens with one attached hydrogen (secondary N) is 1. The van der Waals surface area contributed by atoms with Gasteiger partial charge in [0.25, 0.3) is 7.41 Å². The van der Waals surface area contributed by atoms with E-state index in [9.17, 15) is 9.59 Å². The Morgan fingerprint density at radius 3 is 2.45 bits per heavy atom. The highest BCUT2D eigenvalue weighted by Crippen LogP contribution is 1.99. The fraction of sp³-hybridized carbons (Fsp3) is 0.667. The third kappa shape index (κ3) is 3.77. The Kier molecular flexibility index (Phi) is 4.53. The number of hydrogen-bond acceptors (Lipinski definition) is 3. The van der Waals surface area contributed by atoms with E-state index in [1.54, 1.807) is 13.8 Å². The van der Waals surface area contributed by atoms with Crippen LogP contribution in [0.3, 0.4) is 0 Å². The zero-order chi connectivity index (χ0) is 8.85. The SMILES string of the molecule is CC(C)[C@H](NBC=O)C(=O)O. The average molecular weight is 157 g/mol. The second-order valence-electron chi connectivity index (χ2n) is 2.63. The molecule has 0 heterocycles. The van der Waals surface area contributed by atoms with Gasteiger partial charge in [0.2, 0.25) is 0 Å². The summed E-state index contributed by atoms with van der Waals surface area (Å²) in [5, 5.41) is 11.2. The van der Waals surface area contributed by atoms with Crippen molar-refractivity contribution < 1.29 is 14.7 Å². The van der Waals surface area contributed by atoms with Crippen molar-refractivity contribution in [2.24, 2.45) is 5.92 Å². The van der Waals surface area contributed by atoms with Crippen molar-refractivity contribution in [1.29, 1.82) is 0 Å². The van der Waals surface area contributed by atoms with Gasteiger partial charge in [0.05, 0.1) is 12.2 Å². The fourth-order valence-electron chi connectivity index (χ4n) is 0.783. The minimum absolute atomic E-state index is 0.00699. The summed E-state index contributed by atoms with van der Waals surface area (Å²) in [6.07, 6.45) is 0.651. The summed E-state index contributed by atoms with van der Waals surface area (Å²) >= 11 is 0. The molecule has 0 aromatic carbocycles. The molecule has 0 radical (unpaired) electrons. The van der Waals surface area contributed by atoms with Gasteiger partial charge < -0.3 is 15.1 Å². The Balaban J connectivity index is 3.89. The zero-order valence-electron chi connectivity index (χ0n) is 6.70. The first-order valence-electron chi connectivity index (χ1n) is 3.49. The third-order valence-corrected chi connectivity index (χ3v) is 1.35. The first kappa shape index (κ1) is 10.2. The predicted molar refractivity (Wildman–Crippen MR) is 43.3 cm³/mol. The van der Waals surface area contributed by atoms with Crippen molar-refractivity contribution in [3.8, 4) is 0 Å². The van der Waals surface area contributed by atoms with Gasteiger partial charge in [-0.25, -0.2) is 0 Å². The number of carboxylic acid groups (broad SMARTS) is 1. The molecule has 5 heteroatoms. The van der Waals surface area contributed by atoms with Gasteiger partial charge in [0.15, 0.2) is 0 Å². The van der Waals surface area contributed by atoms with Crippen LogP contribution in [0.15, 0.2) is 0 Å². The molecule has 0 aliphatic carbocycles. The van der Waals surface area contributed by atoms with Gasteiger partial charge >= 0.3 is 5.97 Å². The smallest absolute Gasteiger partial charge is 0.319 e. The van der Waals surface area contributed by atoms with Gasteiger partial charge in [-0.1, -0.05) is 13.8 Å². The van der Waals surface area contributed by atoms with Crippen LogP contribution in [0.1, 0.15) is 13.8 Å². The van der Waals surface area contributed by atoms with Crippen molar-refractivity contribution in [1.82, 2.24) is 5.23 Å². The van der Waals surface area contributed by atoms with Crippen molar-refractivity contribution in [2.75, 3.05) is 0 Å². The minimum atomic E-state index is -0.915. The van der Waals surface area contributed by atoms with Crippen LogP contribution in [0.4, 0.5) is 0 Å². The maximum atomic E-state index is 10.5. The van der Waals surface area contributed by atoms with Crippen molar-refractivity contribution in [3.05, 3.63) is 0 Å². The maximum absolute atomic E-state index is 10.5. The monoisotopic (exact) mass is 157 g/mol. The molecule has 0 aromatic heterocycles. The molecule has 0 fully saturated rings. The average Bonchev–Trinajstić information content (AvgIpc) is 1.87. The number of aliphatic carboxylic acids is 1. The number of rotatable bonds is 5. The fourth-order valence-corrected chi connectivity index (χ4v) is 0.783. The summed E-state index contributed by atoms with van der Waals surface area (Å²) in [5.41, 5.74) is 0. The Morgan fingerprint density at radius 1 is 1.64 bits per heavy atom. The van der Waals surface area contributed by atoms with Gasteiger partial charge in [-0.2, -0.15) is 0 Å². The molecule has 4 nitrogen and oxygen atoms in total. The number of carbonyl (C=O) groups excluding carboxylic acids is 1.